The largest absolute Gasteiger partial charge is 0.505 e. The Hall–Kier alpha value is -8.30. The number of nitrogens with zero attached hydrogens (tertiary/aromatic N) is 8. The smallest absolute Gasteiger partial charge is 0.296 e. The van der Waals surface area contributed by atoms with Crippen LogP contribution in [-0.2, 0) is 20.2 Å². The van der Waals surface area contributed by atoms with Gasteiger partial charge in [-0.15, -0.1) is 10.2 Å². The molecule has 0 bridgehead atoms. The molecule has 8 aromatic carbocycles. The van der Waals surface area contributed by atoms with Crippen LogP contribution in [0.1, 0.15) is 33.4 Å². The SMILES string of the molecule is Cc1cc(N=Nc2cc(C)c(N=Nc3ccc4cc(NOc5ccc(N)cc5)ccc4c3O)cc2C)c(C)cc1N=Nc1cc(C)c(N=Nc2cc3c(S(=O)(=O)O)cccc3cc2S(=O)(=O)O)cc1C. The summed E-state index contributed by atoms with van der Waals surface area (Å²) >= 11 is 0. The third kappa shape index (κ3) is 10.7. The summed E-state index contributed by atoms with van der Waals surface area (Å²) in [6.45, 7) is 11.1. The van der Waals surface area contributed by atoms with Gasteiger partial charge in [0.1, 0.15) is 21.2 Å². The minimum Gasteiger partial charge on any atom is -0.505 e. The second kappa shape index (κ2) is 19.4. The first-order chi connectivity index (χ1) is 33.2. The highest BCUT2D eigenvalue weighted by Crippen LogP contribution is 2.40. The van der Waals surface area contributed by atoms with Gasteiger partial charge in [0, 0.05) is 16.5 Å². The van der Waals surface area contributed by atoms with Crippen molar-refractivity contribution in [1.82, 2.24) is 0 Å². The molecule has 0 atom stereocenters. The lowest BCUT2D eigenvalue weighted by Crippen LogP contribution is -2.04. The van der Waals surface area contributed by atoms with Crippen LogP contribution in [0.5, 0.6) is 11.5 Å². The van der Waals surface area contributed by atoms with Crippen molar-refractivity contribution in [2.75, 3.05) is 11.2 Å². The van der Waals surface area contributed by atoms with Crippen molar-refractivity contribution in [2.45, 2.75) is 51.3 Å². The molecule has 0 aromatic heterocycles. The molecule has 0 unspecified atom stereocenters. The molecular weight excluding hydrogens is 933 g/mol. The van der Waals surface area contributed by atoms with Gasteiger partial charge in [-0.05, 0) is 189 Å². The molecule has 0 fully saturated rings. The number of anilines is 2. The van der Waals surface area contributed by atoms with E-state index in [1.807, 2.05) is 64.1 Å². The average molecular weight is 977 g/mol. The highest BCUT2D eigenvalue weighted by molar-refractivity contribution is 7.86. The van der Waals surface area contributed by atoms with Crippen LogP contribution in [0.3, 0.4) is 0 Å². The fourth-order valence-electron chi connectivity index (χ4n) is 7.31. The van der Waals surface area contributed by atoms with Gasteiger partial charge in [0.2, 0.25) is 0 Å². The molecule has 0 radical (unpaired) electrons. The van der Waals surface area contributed by atoms with Crippen LogP contribution in [-0.4, -0.2) is 31.0 Å². The molecule has 0 aliphatic rings. The van der Waals surface area contributed by atoms with E-state index in [4.69, 9.17) is 10.6 Å². The second-order valence-corrected chi connectivity index (χ2v) is 19.2. The molecule has 6 N–H and O–H groups in total. The maximum Gasteiger partial charge on any atom is 0.296 e. The molecule has 0 heterocycles. The van der Waals surface area contributed by atoms with Crippen LogP contribution in [0.2, 0.25) is 0 Å². The molecule has 20 heteroatoms. The van der Waals surface area contributed by atoms with Crippen molar-refractivity contribution in [3.63, 3.8) is 0 Å². The highest BCUT2D eigenvalue weighted by Gasteiger charge is 2.21. The summed E-state index contributed by atoms with van der Waals surface area (Å²) in [7, 11) is -9.48. The van der Waals surface area contributed by atoms with Crippen molar-refractivity contribution >= 4 is 98.7 Å². The van der Waals surface area contributed by atoms with Crippen LogP contribution in [0.25, 0.3) is 21.5 Å². The molecule has 0 aliphatic heterocycles. The summed E-state index contributed by atoms with van der Waals surface area (Å²) in [5, 5.41) is 47.9. The second-order valence-electron chi connectivity index (χ2n) is 16.5. The van der Waals surface area contributed by atoms with Gasteiger partial charge in [-0.25, -0.2) is 5.48 Å². The minimum absolute atomic E-state index is 0.00438. The number of azo groups is 4. The number of phenols is 1. The number of phenolic OH excluding ortho intramolecular Hbond substituents is 1. The van der Waals surface area contributed by atoms with E-state index in [2.05, 4.69) is 46.4 Å². The lowest BCUT2D eigenvalue weighted by Gasteiger charge is -2.10. The third-order valence-corrected chi connectivity index (χ3v) is 13.0. The number of rotatable bonds is 13. The van der Waals surface area contributed by atoms with E-state index in [1.54, 1.807) is 68.4 Å². The predicted octanol–water partition coefficient (Wildman–Crippen LogP) is 14.7. The van der Waals surface area contributed by atoms with Gasteiger partial charge >= 0.3 is 0 Å². The third-order valence-electron chi connectivity index (χ3n) is 11.2. The van der Waals surface area contributed by atoms with E-state index in [1.165, 1.54) is 12.1 Å². The lowest BCUT2D eigenvalue weighted by molar-refractivity contribution is 0.405. The van der Waals surface area contributed by atoms with Crippen molar-refractivity contribution in [3.05, 3.63) is 155 Å². The van der Waals surface area contributed by atoms with E-state index in [0.29, 0.717) is 73.4 Å². The fourth-order valence-corrected chi connectivity index (χ4v) is 8.65. The first-order valence-corrected chi connectivity index (χ1v) is 24.2. The molecular formula is C50H44N10O8S2. The topological polar surface area (TPSA) is 275 Å². The summed E-state index contributed by atoms with van der Waals surface area (Å²) in [5.74, 6) is 0.595. The maximum atomic E-state index is 12.3. The van der Waals surface area contributed by atoms with Crippen LogP contribution < -0.4 is 16.1 Å². The number of hydrogen-bond donors (Lipinski definition) is 5. The Labute approximate surface area is 402 Å². The lowest BCUT2D eigenvalue weighted by atomic mass is 10.1. The van der Waals surface area contributed by atoms with Gasteiger partial charge in [-0.1, -0.05) is 18.2 Å². The van der Waals surface area contributed by atoms with Gasteiger partial charge < -0.3 is 15.7 Å². The standard InChI is InChI=1S/C50H44N10O8S2/c1-27-19-42(28(2)18-41(27)53-52-40-17-10-34-24-36(13-16-38(34)50(40)61)60-68-37-14-11-35(51)12-15-37)54-55-43-20-30(4)44(21-29(43)3)56-57-45-22-32(6)46(23-31(45)5)58-59-47-26-39-33(25-49(47)70(65,66)67)8-7-9-48(39)69(62,63)64/h7-26,60-61H,51H2,1-6H3,(H,62,63,64)(H,65,66,67). The molecule has 0 saturated carbocycles. The van der Waals surface area contributed by atoms with Crippen molar-refractivity contribution < 1.29 is 35.9 Å². The molecule has 0 saturated heterocycles. The highest BCUT2D eigenvalue weighted by atomic mass is 32.2. The summed E-state index contributed by atoms with van der Waals surface area (Å²) in [4.78, 5) is 4.58. The molecule has 70 heavy (non-hydrogen) atoms. The molecule has 0 aliphatic carbocycles. The maximum absolute atomic E-state index is 12.3. The van der Waals surface area contributed by atoms with E-state index < -0.39 is 30.0 Å². The van der Waals surface area contributed by atoms with Gasteiger partial charge in [-0.3, -0.25) is 9.11 Å². The quantitative estimate of drug-likeness (QED) is 0.0315. The molecule has 0 spiro atoms. The first kappa shape index (κ1) is 48.2. The van der Waals surface area contributed by atoms with Gasteiger partial charge in [0.05, 0.1) is 39.8 Å². The number of nitrogens with two attached hydrogens (primary N) is 1. The fraction of sp³-hybridized carbons (Fsp3) is 0.120. The molecule has 354 valence electrons. The minimum atomic E-state index is -4.81. The summed E-state index contributed by atoms with van der Waals surface area (Å²) in [6, 6.07) is 32.9. The Morgan fingerprint density at radius 2 is 0.871 bits per heavy atom. The first-order valence-electron chi connectivity index (χ1n) is 21.3. The number of hydrogen-bond acceptors (Lipinski definition) is 16. The van der Waals surface area contributed by atoms with Crippen molar-refractivity contribution in [1.29, 1.82) is 0 Å². The van der Waals surface area contributed by atoms with Crippen LogP contribution >= 0.6 is 0 Å². The zero-order valence-corrected chi connectivity index (χ0v) is 40.0. The van der Waals surface area contributed by atoms with E-state index in [0.717, 1.165) is 45.8 Å². The number of nitrogen functional groups attached to an aromatic ring is 1. The average Bonchev–Trinajstić information content (AvgIpc) is 3.31. The number of benzene rings is 8. The van der Waals surface area contributed by atoms with Gasteiger partial charge in [0.25, 0.3) is 20.2 Å². The number of fused-ring (bicyclic) bond motifs is 2. The van der Waals surface area contributed by atoms with Crippen LogP contribution in [0.15, 0.2) is 172 Å². The number of aromatic hydroxyl groups is 1. The van der Waals surface area contributed by atoms with Gasteiger partial charge in [-0.2, -0.15) is 47.5 Å². The Morgan fingerprint density at radius 1 is 0.443 bits per heavy atom. The Kier molecular flexibility index (Phi) is 13.3. The number of nitrogens with one attached hydrogen (secondary N) is 1. The van der Waals surface area contributed by atoms with Crippen LogP contribution in [0.4, 0.5) is 56.9 Å². The van der Waals surface area contributed by atoms with Crippen molar-refractivity contribution in [2.24, 2.45) is 40.9 Å². The Balaban J connectivity index is 0.951. The Morgan fingerprint density at radius 3 is 1.33 bits per heavy atom. The summed E-state index contributed by atoms with van der Waals surface area (Å²) in [5.41, 5.74) is 17.8. The number of aryl methyl sites for hydroxylation is 6. The normalized spacial score (nSPS) is 12.4. The van der Waals surface area contributed by atoms with E-state index in [-0.39, 0.29) is 22.2 Å². The molecule has 0 amide bonds. The van der Waals surface area contributed by atoms with Crippen LogP contribution in [0, 0.1) is 41.5 Å². The molecule has 18 nitrogen and oxygen atoms in total. The Bertz CT molecular complexity index is 3770. The van der Waals surface area contributed by atoms with Gasteiger partial charge in [0.15, 0.2) is 11.5 Å². The monoisotopic (exact) mass is 976 g/mol. The van der Waals surface area contributed by atoms with E-state index >= 15 is 0 Å². The zero-order chi connectivity index (χ0) is 50.1. The summed E-state index contributed by atoms with van der Waals surface area (Å²) < 4.78 is 68.4. The molecule has 8 aromatic rings. The van der Waals surface area contributed by atoms with Crippen molar-refractivity contribution in [3.8, 4) is 11.5 Å². The summed E-state index contributed by atoms with van der Waals surface area (Å²) in [6.07, 6.45) is 0. The molecule has 8 rings (SSSR count). The zero-order valence-electron chi connectivity index (χ0n) is 38.4. The predicted molar refractivity (Wildman–Crippen MR) is 269 cm³/mol. The van der Waals surface area contributed by atoms with E-state index in [9.17, 15) is 31.0 Å².